The van der Waals surface area contributed by atoms with E-state index in [1.807, 2.05) is 18.2 Å². The lowest BCUT2D eigenvalue weighted by Gasteiger charge is -2.13. The van der Waals surface area contributed by atoms with Crippen molar-refractivity contribution in [3.05, 3.63) is 18.2 Å². The Labute approximate surface area is 116 Å². The van der Waals surface area contributed by atoms with Crippen LogP contribution in [-0.4, -0.2) is 26.9 Å². The number of ether oxygens (including phenoxy) is 2. The molecule has 0 saturated carbocycles. The van der Waals surface area contributed by atoms with E-state index >= 15 is 0 Å². The lowest BCUT2D eigenvalue weighted by Crippen LogP contribution is -2.06. The molecule has 0 aromatic heterocycles. The average Bonchev–Trinajstić information content (AvgIpc) is 2.43. The zero-order chi connectivity index (χ0) is 13.9. The van der Waals surface area contributed by atoms with E-state index in [1.165, 1.54) is 0 Å². The summed E-state index contributed by atoms with van der Waals surface area (Å²) in [5.74, 6) is 0.770. The Morgan fingerprint density at radius 2 is 2.00 bits per heavy atom. The van der Waals surface area contributed by atoms with E-state index in [0.717, 1.165) is 50.3 Å². The van der Waals surface area contributed by atoms with Crippen LogP contribution in [0.5, 0.6) is 5.75 Å². The quantitative estimate of drug-likeness (QED) is 0.504. The molecule has 0 heterocycles. The zero-order valence-corrected chi connectivity index (χ0v) is 12.1. The standard InChI is InChI=1S/C15H26N2O2/c1-3-11-19-14-9-7-8-13(15(14)16)17-10-5-4-6-12-18-2/h7-9,17H,3-6,10-12,16H2,1-2H3. The number of unbranched alkanes of at least 4 members (excludes halogenated alkanes) is 2. The number of methoxy groups -OCH3 is 1. The van der Waals surface area contributed by atoms with Gasteiger partial charge in [-0.25, -0.2) is 0 Å². The fourth-order valence-corrected chi connectivity index (χ4v) is 1.81. The summed E-state index contributed by atoms with van der Waals surface area (Å²) in [6.07, 6.45) is 4.36. The molecule has 0 fully saturated rings. The maximum Gasteiger partial charge on any atom is 0.144 e. The fourth-order valence-electron chi connectivity index (χ4n) is 1.81. The highest BCUT2D eigenvalue weighted by atomic mass is 16.5. The molecule has 0 amide bonds. The number of hydrogen-bond donors (Lipinski definition) is 2. The second kappa shape index (κ2) is 9.50. The molecule has 0 bridgehead atoms. The summed E-state index contributed by atoms with van der Waals surface area (Å²) in [5.41, 5.74) is 7.74. The summed E-state index contributed by atoms with van der Waals surface area (Å²) in [6, 6.07) is 5.87. The third-order valence-corrected chi connectivity index (χ3v) is 2.87. The first-order valence-corrected chi connectivity index (χ1v) is 7.03. The first-order valence-electron chi connectivity index (χ1n) is 7.03. The molecule has 108 valence electrons. The van der Waals surface area contributed by atoms with Crippen molar-refractivity contribution in [2.45, 2.75) is 32.6 Å². The molecule has 0 radical (unpaired) electrons. The molecule has 0 aliphatic rings. The number of nitrogens with two attached hydrogens (primary N) is 1. The van der Waals surface area contributed by atoms with Crippen LogP contribution in [0.3, 0.4) is 0 Å². The molecule has 0 unspecified atom stereocenters. The highest BCUT2D eigenvalue weighted by Gasteiger charge is 2.04. The van der Waals surface area contributed by atoms with Crippen LogP contribution >= 0.6 is 0 Å². The van der Waals surface area contributed by atoms with E-state index in [0.29, 0.717) is 12.3 Å². The SMILES string of the molecule is CCCOc1cccc(NCCCCCOC)c1N. The number of rotatable bonds is 10. The van der Waals surface area contributed by atoms with E-state index in [9.17, 15) is 0 Å². The van der Waals surface area contributed by atoms with Crippen LogP contribution < -0.4 is 15.8 Å². The maximum absolute atomic E-state index is 6.08. The lowest BCUT2D eigenvalue weighted by atomic mass is 10.2. The minimum Gasteiger partial charge on any atom is -0.491 e. The number of nitrogens with one attached hydrogen (secondary N) is 1. The molecule has 0 atom stereocenters. The molecule has 1 aromatic rings. The Balaban J connectivity index is 2.36. The van der Waals surface area contributed by atoms with Crippen molar-refractivity contribution in [3.8, 4) is 5.75 Å². The van der Waals surface area contributed by atoms with Crippen molar-refractivity contribution < 1.29 is 9.47 Å². The molecule has 19 heavy (non-hydrogen) atoms. The van der Waals surface area contributed by atoms with Crippen molar-refractivity contribution in [2.75, 3.05) is 37.9 Å². The van der Waals surface area contributed by atoms with Crippen LogP contribution in [0.25, 0.3) is 0 Å². The summed E-state index contributed by atoms with van der Waals surface area (Å²) in [4.78, 5) is 0. The third kappa shape index (κ3) is 5.83. The molecule has 4 heteroatoms. The minimum atomic E-state index is 0.699. The molecule has 0 aliphatic heterocycles. The summed E-state index contributed by atoms with van der Waals surface area (Å²) >= 11 is 0. The average molecular weight is 266 g/mol. The topological polar surface area (TPSA) is 56.5 Å². The first-order chi connectivity index (χ1) is 9.29. The van der Waals surface area contributed by atoms with Gasteiger partial charge in [-0.3, -0.25) is 0 Å². The van der Waals surface area contributed by atoms with Gasteiger partial charge in [0, 0.05) is 20.3 Å². The van der Waals surface area contributed by atoms with E-state index < -0.39 is 0 Å². The van der Waals surface area contributed by atoms with Gasteiger partial charge in [0.15, 0.2) is 0 Å². The summed E-state index contributed by atoms with van der Waals surface area (Å²) in [7, 11) is 1.74. The van der Waals surface area contributed by atoms with Crippen LogP contribution in [0.2, 0.25) is 0 Å². The van der Waals surface area contributed by atoms with Crippen LogP contribution in [-0.2, 0) is 4.74 Å². The Bertz CT molecular complexity index is 356. The lowest BCUT2D eigenvalue weighted by molar-refractivity contribution is 0.192. The van der Waals surface area contributed by atoms with Gasteiger partial charge in [0.2, 0.25) is 0 Å². The maximum atomic E-state index is 6.08. The highest BCUT2D eigenvalue weighted by Crippen LogP contribution is 2.29. The van der Waals surface area contributed by atoms with Crippen molar-refractivity contribution in [1.82, 2.24) is 0 Å². The van der Waals surface area contributed by atoms with Gasteiger partial charge in [-0.2, -0.15) is 0 Å². The minimum absolute atomic E-state index is 0.699. The molecule has 0 aliphatic carbocycles. The van der Waals surface area contributed by atoms with Gasteiger partial charge in [0.25, 0.3) is 0 Å². The molecule has 1 rings (SSSR count). The van der Waals surface area contributed by atoms with E-state index in [-0.39, 0.29) is 0 Å². The molecule has 0 spiro atoms. The Morgan fingerprint density at radius 1 is 1.16 bits per heavy atom. The largest absolute Gasteiger partial charge is 0.491 e. The van der Waals surface area contributed by atoms with Crippen molar-refractivity contribution in [2.24, 2.45) is 0 Å². The second-order valence-electron chi connectivity index (χ2n) is 4.55. The van der Waals surface area contributed by atoms with Crippen LogP contribution in [0.4, 0.5) is 11.4 Å². The number of anilines is 2. The van der Waals surface area contributed by atoms with Gasteiger partial charge in [0.1, 0.15) is 5.75 Å². The Hall–Kier alpha value is -1.42. The predicted molar refractivity (Wildman–Crippen MR) is 80.9 cm³/mol. The van der Waals surface area contributed by atoms with E-state index in [1.54, 1.807) is 7.11 Å². The van der Waals surface area contributed by atoms with Gasteiger partial charge < -0.3 is 20.5 Å². The molecular weight excluding hydrogens is 240 g/mol. The van der Waals surface area contributed by atoms with Crippen LogP contribution in [0.1, 0.15) is 32.6 Å². The Morgan fingerprint density at radius 3 is 2.74 bits per heavy atom. The third-order valence-electron chi connectivity index (χ3n) is 2.87. The van der Waals surface area contributed by atoms with E-state index in [4.69, 9.17) is 15.2 Å². The van der Waals surface area contributed by atoms with Crippen LogP contribution in [0.15, 0.2) is 18.2 Å². The normalized spacial score (nSPS) is 10.4. The Kier molecular flexibility index (Phi) is 7.82. The molecule has 1 aromatic carbocycles. The highest BCUT2D eigenvalue weighted by molar-refractivity contribution is 5.72. The van der Waals surface area contributed by atoms with Crippen LogP contribution in [0, 0.1) is 0 Å². The van der Waals surface area contributed by atoms with Gasteiger partial charge in [0.05, 0.1) is 18.0 Å². The molecule has 4 nitrogen and oxygen atoms in total. The fraction of sp³-hybridized carbons (Fsp3) is 0.600. The monoisotopic (exact) mass is 266 g/mol. The summed E-state index contributed by atoms with van der Waals surface area (Å²) in [5, 5.41) is 3.36. The van der Waals surface area contributed by atoms with Crippen molar-refractivity contribution in [3.63, 3.8) is 0 Å². The van der Waals surface area contributed by atoms with Gasteiger partial charge in [-0.1, -0.05) is 13.0 Å². The zero-order valence-electron chi connectivity index (χ0n) is 12.1. The molecule has 0 saturated heterocycles. The van der Waals surface area contributed by atoms with Gasteiger partial charge in [-0.15, -0.1) is 0 Å². The smallest absolute Gasteiger partial charge is 0.144 e. The predicted octanol–water partition coefficient (Wildman–Crippen LogP) is 3.29. The first kappa shape index (κ1) is 15.6. The number of para-hydroxylation sites is 1. The molecular formula is C15H26N2O2. The second-order valence-corrected chi connectivity index (χ2v) is 4.55. The number of benzene rings is 1. The van der Waals surface area contributed by atoms with E-state index in [2.05, 4.69) is 12.2 Å². The van der Waals surface area contributed by atoms with Gasteiger partial charge in [-0.05, 0) is 37.8 Å². The molecule has 3 N–H and O–H groups in total. The number of hydrogen-bond acceptors (Lipinski definition) is 4. The van der Waals surface area contributed by atoms with Crippen molar-refractivity contribution in [1.29, 1.82) is 0 Å². The summed E-state index contributed by atoms with van der Waals surface area (Å²) < 4.78 is 10.6. The summed E-state index contributed by atoms with van der Waals surface area (Å²) in [6.45, 7) is 4.54. The van der Waals surface area contributed by atoms with Gasteiger partial charge >= 0.3 is 0 Å². The van der Waals surface area contributed by atoms with Crippen molar-refractivity contribution >= 4 is 11.4 Å². The number of nitrogen functional groups attached to an aromatic ring is 1.